The summed E-state index contributed by atoms with van der Waals surface area (Å²) in [6.45, 7) is 0.125. The normalized spacial score (nSPS) is 13.3. The van der Waals surface area contributed by atoms with E-state index in [-0.39, 0.29) is 18.5 Å². The fourth-order valence-corrected chi connectivity index (χ4v) is 2.96. The Kier molecular flexibility index (Phi) is 5.42. The minimum Gasteiger partial charge on any atom is -0.353 e. The van der Waals surface area contributed by atoms with Crippen LogP contribution in [0.15, 0.2) is 29.8 Å². The molecule has 0 unspecified atom stereocenters. The second-order valence-electron chi connectivity index (χ2n) is 5.20. The van der Waals surface area contributed by atoms with Gasteiger partial charge in [-0.15, -0.1) is 11.3 Å². The highest BCUT2D eigenvalue weighted by Gasteiger charge is 2.33. The molecular weight excluding hydrogens is 329 g/mol. The van der Waals surface area contributed by atoms with Gasteiger partial charge in [-0.1, -0.05) is 6.07 Å². The molecule has 0 aliphatic carbocycles. The van der Waals surface area contributed by atoms with E-state index < -0.39 is 11.9 Å². The summed E-state index contributed by atoms with van der Waals surface area (Å²) in [5, 5.41) is 8.04. The third kappa shape index (κ3) is 4.80. The largest absolute Gasteiger partial charge is 0.435 e. The first kappa shape index (κ1) is 17.5. The zero-order chi connectivity index (χ0) is 17.0. The van der Waals surface area contributed by atoms with E-state index in [4.69, 9.17) is 0 Å². The molecule has 0 fully saturated rings. The van der Waals surface area contributed by atoms with E-state index in [0.717, 1.165) is 21.8 Å². The fraction of sp³-hybridized carbons (Fsp3) is 0.429. The van der Waals surface area contributed by atoms with Crippen LogP contribution in [0, 0.1) is 0 Å². The summed E-state index contributed by atoms with van der Waals surface area (Å²) in [7, 11) is 3.80. The smallest absolute Gasteiger partial charge is 0.353 e. The zero-order valence-corrected chi connectivity index (χ0v) is 13.5. The van der Waals surface area contributed by atoms with Crippen LogP contribution in [0.3, 0.4) is 0 Å². The molecule has 0 bridgehead atoms. The second-order valence-corrected chi connectivity index (χ2v) is 6.17. The Balaban J connectivity index is 1.90. The Morgan fingerprint density at radius 1 is 1.43 bits per heavy atom. The molecule has 2 heterocycles. The average molecular weight is 346 g/mol. The van der Waals surface area contributed by atoms with Gasteiger partial charge in [0, 0.05) is 17.6 Å². The molecule has 0 spiro atoms. The molecule has 1 atom stereocenters. The van der Waals surface area contributed by atoms with Crippen LogP contribution in [0.4, 0.5) is 13.2 Å². The van der Waals surface area contributed by atoms with E-state index in [0.29, 0.717) is 6.54 Å². The minimum absolute atomic E-state index is 0.0160. The highest BCUT2D eigenvalue weighted by atomic mass is 32.1. The van der Waals surface area contributed by atoms with Crippen molar-refractivity contribution in [2.45, 2.75) is 18.8 Å². The molecule has 2 aromatic heterocycles. The summed E-state index contributed by atoms with van der Waals surface area (Å²) in [6, 6.07) is 4.77. The van der Waals surface area contributed by atoms with Gasteiger partial charge in [-0.05, 0) is 31.6 Å². The molecule has 0 radical (unpaired) electrons. The molecule has 1 N–H and O–H groups in total. The topological polar surface area (TPSA) is 50.2 Å². The number of likely N-dealkylation sites (N-methyl/N-ethyl adjacent to an activating group) is 1. The van der Waals surface area contributed by atoms with Gasteiger partial charge in [-0.3, -0.25) is 9.48 Å². The summed E-state index contributed by atoms with van der Waals surface area (Å²) in [6.07, 6.45) is -3.36. The van der Waals surface area contributed by atoms with Gasteiger partial charge in [0.2, 0.25) is 5.91 Å². The molecule has 0 saturated heterocycles. The third-order valence-corrected chi connectivity index (χ3v) is 4.20. The lowest BCUT2D eigenvalue weighted by molar-refractivity contribution is -0.141. The average Bonchev–Trinajstić information content (AvgIpc) is 3.09. The number of hydrogen-bond acceptors (Lipinski definition) is 4. The minimum atomic E-state index is -4.50. The Morgan fingerprint density at radius 2 is 2.17 bits per heavy atom. The van der Waals surface area contributed by atoms with E-state index in [1.54, 1.807) is 11.3 Å². The molecule has 0 saturated carbocycles. The van der Waals surface area contributed by atoms with Gasteiger partial charge in [0.25, 0.3) is 0 Å². The highest BCUT2D eigenvalue weighted by Crippen LogP contribution is 2.27. The van der Waals surface area contributed by atoms with Crippen LogP contribution in [0.25, 0.3) is 0 Å². The summed E-state index contributed by atoms with van der Waals surface area (Å²) in [4.78, 5) is 15.0. The lowest BCUT2D eigenvalue weighted by Crippen LogP contribution is -2.36. The van der Waals surface area contributed by atoms with E-state index in [9.17, 15) is 18.0 Å². The number of halogens is 3. The molecule has 23 heavy (non-hydrogen) atoms. The number of aromatic nitrogens is 2. The van der Waals surface area contributed by atoms with Crippen molar-refractivity contribution in [3.05, 3.63) is 40.3 Å². The van der Waals surface area contributed by atoms with E-state index in [2.05, 4.69) is 10.4 Å². The summed E-state index contributed by atoms with van der Waals surface area (Å²) in [5.74, 6) is -0.384. The highest BCUT2D eigenvalue weighted by molar-refractivity contribution is 7.10. The Labute approximate surface area is 135 Å². The van der Waals surface area contributed by atoms with Crippen molar-refractivity contribution >= 4 is 17.2 Å². The maximum Gasteiger partial charge on any atom is 0.435 e. The monoisotopic (exact) mass is 346 g/mol. The number of carbonyl (C=O) groups is 1. The van der Waals surface area contributed by atoms with Crippen molar-refractivity contribution in [1.29, 1.82) is 0 Å². The van der Waals surface area contributed by atoms with Crippen molar-refractivity contribution in [3.63, 3.8) is 0 Å². The maximum absolute atomic E-state index is 12.5. The molecule has 1 amide bonds. The molecule has 126 valence electrons. The van der Waals surface area contributed by atoms with Gasteiger partial charge in [0.1, 0.15) is 6.54 Å². The van der Waals surface area contributed by atoms with E-state index in [1.165, 1.54) is 0 Å². The number of carbonyl (C=O) groups excluding carboxylic acids is 1. The first-order chi connectivity index (χ1) is 10.8. The summed E-state index contributed by atoms with van der Waals surface area (Å²) >= 11 is 1.59. The predicted molar refractivity (Wildman–Crippen MR) is 81.0 cm³/mol. The maximum atomic E-state index is 12.5. The lowest BCUT2D eigenvalue weighted by atomic mass is 10.2. The SMILES string of the molecule is CN(C)[C@@H](CNC(=O)Cn1ccc(C(F)(F)F)n1)c1cccs1. The first-order valence-electron chi connectivity index (χ1n) is 6.84. The number of alkyl halides is 3. The van der Waals surface area contributed by atoms with Gasteiger partial charge >= 0.3 is 6.18 Å². The molecule has 0 aliphatic heterocycles. The number of rotatable bonds is 6. The predicted octanol–water partition coefficient (Wildman–Crippen LogP) is 2.38. The second kappa shape index (κ2) is 7.14. The summed E-state index contributed by atoms with van der Waals surface area (Å²) in [5.41, 5.74) is -1.00. The van der Waals surface area contributed by atoms with Crippen LogP contribution in [0.2, 0.25) is 0 Å². The van der Waals surface area contributed by atoms with Gasteiger partial charge in [-0.2, -0.15) is 18.3 Å². The summed E-state index contributed by atoms with van der Waals surface area (Å²) < 4.78 is 38.4. The number of amides is 1. The number of thiophene rings is 1. The van der Waals surface area contributed by atoms with Gasteiger partial charge in [-0.25, -0.2) is 0 Å². The van der Waals surface area contributed by atoms with E-state index >= 15 is 0 Å². The van der Waals surface area contributed by atoms with Crippen LogP contribution < -0.4 is 5.32 Å². The van der Waals surface area contributed by atoms with Crippen molar-refractivity contribution in [1.82, 2.24) is 20.0 Å². The van der Waals surface area contributed by atoms with Crippen LogP contribution in [0.1, 0.15) is 16.6 Å². The van der Waals surface area contributed by atoms with Crippen molar-refractivity contribution in [2.24, 2.45) is 0 Å². The number of nitrogens with zero attached hydrogens (tertiary/aromatic N) is 3. The number of nitrogens with one attached hydrogen (secondary N) is 1. The quantitative estimate of drug-likeness (QED) is 0.874. The third-order valence-electron chi connectivity index (χ3n) is 3.22. The van der Waals surface area contributed by atoms with Crippen LogP contribution in [-0.4, -0.2) is 41.2 Å². The van der Waals surface area contributed by atoms with E-state index in [1.807, 2.05) is 36.5 Å². The Bertz CT molecular complexity index is 637. The van der Waals surface area contributed by atoms with Gasteiger partial charge in [0.05, 0.1) is 6.04 Å². The van der Waals surface area contributed by atoms with Crippen LogP contribution in [0.5, 0.6) is 0 Å². The van der Waals surface area contributed by atoms with Crippen LogP contribution in [-0.2, 0) is 17.5 Å². The first-order valence-corrected chi connectivity index (χ1v) is 7.72. The Morgan fingerprint density at radius 3 is 2.70 bits per heavy atom. The molecule has 2 rings (SSSR count). The standard InChI is InChI=1S/C14H17F3N4OS/c1-20(2)10(11-4-3-7-23-11)8-18-13(22)9-21-6-5-12(19-21)14(15,16)17/h3-7,10H,8-9H2,1-2H3,(H,18,22)/t10-/m0/s1. The lowest BCUT2D eigenvalue weighted by Gasteiger charge is -2.23. The molecule has 0 aliphatic rings. The van der Waals surface area contributed by atoms with Crippen molar-refractivity contribution in [2.75, 3.05) is 20.6 Å². The van der Waals surface area contributed by atoms with Crippen molar-refractivity contribution in [3.8, 4) is 0 Å². The molecule has 2 aromatic rings. The van der Waals surface area contributed by atoms with Gasteiger partial charge < -0.3 is 10.2 Å². The van der Waals surface area contributed by atoms with Crippen LogP contribution >= 0.6 is 11.3 Å². The Hall–Kier alpha value is -1.87. The molecule has 5 nitrogen and oxygen atoms in total. The molecular formula is C14H17F3N4OS. The van der Waals surface area contributed by atoms with Gasteiger partial charge in [0.15, 0.2) is 5.69 Å². The fourth-order valence-electron chi connectivity index (χ4n) is 2.03. The number of hydrogen-bond donors (Lipinski definition) is 1. The molecule has 9 heteroatoms. The zero-order valence-electron chi connectivity index (χ0n) is 12.7. The van der Waals surface area contributed by atoms with Crippen molar-refractivity contribution < 1.29 is 18.0 Å². The molecule has 0 aromatic carbocycles.